The lowest BCUT2D eigenvalue weighted by Gasteiger charge is -2.10. The molecule has 0 aromatic rings. The minimum atomic E-state index is -0.391. The third-order valence-corrected chi connectivity index (χ3v) is 4.29. The minimum absolute atomic E-state index is 0.283. The Labute approximate surface area is 90.8 Å². The summed E-state index contributed by atoms with van der Waals surface area (Å²) in [5, 5.41) is -0.783. The molecule has 5 heteroatoms. The smallest absolute Gasteiger partial charge is 0.211 e. The van der Waals surface area contributed by atoms with Crippen LogP contribution in [0, 0.1) is 0 Å². The van der Waals surface area contributed by atoms with E-state index in [1.807, 2.05) is 0 Å². The first kappa shape index (κ1) is 10.5. The van der Waals surface area contributed by atoms with Gasteiger partial charge in [0.2, 0.25) is 11.6 Å². The van der Waals surface area contributed by atoms with E-state index in [2.05, 4.69) is 0 Å². The Balaban J connectivity index is 1.99. The van der Waals surface area contributed by atoms with Crippen LogP contribution in [0.1, 0.15) is 25.7 Å². The highest BCUT2D eigenvalue weighted by Gasteiger charge is 2.40. The van der Waals surface area contributed by atoms with E-state index in [0.29, 0.717) is 12.8 Å². The molecule has 0 radical (unpaired) electrons. The fourth-order valence-corrected chi connectivity index (χ4v) is 3.26. The molecular weight excluding hydrogens is 216 g/mol. The van der Waals surface area contributed by atoms with Gasteiger partial charge in [-0.1, -0.05) is 0 Å². The normalized spacial score (nSPS) is 31.7. The quantitative estimate of drug-likeness (QED) is 0.634. The molecule has 2 unspecified atom stereocenters. The summed E-state index contributed by atoms with van der Waals surface area (Å²) in [5.74, 6) is -1.45. The zero-order chi connectivity index (χ0) is 11.0. The van der Waals surface area contributed by atoms with E-state index >= 15 is 0 Å². The van der Waals surface area contributed by atoms with E-state index in [9.17, 15) is 19.2 Å². The van der Waals surface area contributed by atoms with E-state index < -0.39 is 10.5 Å². The van der Waals surface area contributed by atoms with E-state index in [-0.39, 0.29) is 36.0 Å². The lowest BCUT2D eigenvalue weighted by Crippen LogP contribution is -2.22. The van der Waals surface area contributed by atoms with Crippen LogP contribution < -0.4 is 0 Å². The van der Waals surface area contributed by atoms with Crippen LogP contribution >= 0.6 is 11.8 Å². The summed E-state index contributed by atoms with van der Waals surface area (Å²) >= 11 is 1.20. The van der Waals surface area contributed by atoms with Crippen molar-refractivity contribution >= 4 is 34.9 Å². The summed E-state index contributed by atoms with van der Waals surface area (Å²) in [6.45, 7) is 0. The Kier molecular flexibility index (Phi) is 2.73. The first-order valence-corrected chi connectivity index (χ1v) is 5.83. The summed E-state index contributed by atoms with van der Waals surface area (Å²) in [5.41, 5.74) is 0. The van der Waals surface area contributed by atoms with Crippen molar-refractivity contribution in [2.45, 2.75) is 36.2 Å². The number of Topliss-reactive ketones (excluding diaryl/α,β-unsaturated/α-hetero) is 4. The van der Waals surface area contributed by atoms with Crippen molar-refractivity contribution in [3.63, 3.8) is 0 Å². The molecular formula is C10H10O4S. The molecule has 0 aromatic heterocycles. The SMILES string of the molecule is O=C1CCC(SC2CCC(=O)C2=O)C1=O. The van der Waals surface area contributed by atoms with Gasteiger partial charge in [-0.2, -0.15) is 0 Å². The molecule has 0 heterocycles. The predicted octanol–water partition coefficient (Wildman–Crippen LogP) is 0.321. The second kappa shape index (κ2) is 3.89. The molecule has 0 aliphatic heterocycles. The van der Waals surface area contributed by atoms with Crippen LogP contribution in [0.2, 0.25) is 0 Å². The van der Waals surface area contributed by atoms with Crippen LogP contribution in [0.5, 0.6) is 0 Å². The van der Waals surface area contributed by atoms with Gasteiger partial charge in [0.05, 0.1) is 10.5 Å². The fourth-order valence-electron chi connectivity index (χ4n) is 1.85. The lowest BCUT2D eigenvalue weighted by atomic mass is 10.3. The molecule has 2 fully saturated rings. The topological polar surface area (TPSA) is 68.3 Å². The van der Waals surface area contributed by atoms with Gasteiger partial charge in [-0.25, -0.2) is 0 Å². The number of carbonyl (C=O) groups excluding carboxylic acids is 4. The van der Waals surface area contributed by atoms with Crippen LogP contribution in [-0.4, -0.2) is 33.6 Å². The molecule has 4 nitrogen and oxygen atoms in total. The van der Waals surface area contributed by atoms with Gasteiger partial charge in [-0.15, -0.1) is 11.8 Å². The molecule has 2 atom stereocenters. The van der Waals surface area contributed by atoms with Gasteiger partial charge in [-0.05, 0) is 12.8 Å². The average molecular weight is 226 g/mol. The molecule has 0 aromatic carbocycles. The van der Waals surface area contributed by atoms with Crippen molar-refractivity contribution in [2.24, 2.45) is 0 Å². The average Bonchev–Trinajstić information content (AvgIpc) is 2.68. The minimum Gasteiger partial charge on any atom is -0.291 e. The highest BCUT2D eigenvalue weighted by molar-refractivity contribution is 8.02. The van der Waals surface area contributed by atoms with Crippen LogP contribution in [0.15, 0.2) is 0 Å². The van der Waals surface area contributed by atoms with E-state index in [0.717, 1.165) is 0 Å². The van der Waals surface area contributed by atoms with Crippen molar-refractivity contribution in [3.05, 3.63) is 0 Å². The lowest BCUT2D eigenvalue weighted by molar-refractivity contribution is -0.134. The maximum absolute atomic E-state index is 11.3. The molecule has 0 saturated heterocycles. The Morgan fingerprint density at radius 2 is 1.20 bits per heavy atom. The molecule has 2 saturated carbocycles. The van der Waals surface area contributed by atoms with Crippen molar-refractivity contribution in [3.8, 4) is 0 Å². The summed E-state index contributed by atoms with van der Waals surface area (Å²) < 4.78 is 0. The summed E-state index contributed by atoms with van der Waals surface area (Å²) in [6.07, 6.45) is 1.59. The van der Waals surface area contributed by atoms with Gasteiger partial charge in [0.25, 0.3) is 0 Å². The number of carbonyl (C=O) groups is 4. The number of ketones is 4. The first-order valence-electron chi connectivity index (χ1n) is 4.89. The zero-order valence-electron chi connectivity index (χ0n) is 8.02. The predicted molar refractivity (Wildman–Crippen MR) is 53.7 cm³/mol. The van der Waals surface area contributed by atoms with Gasteiger partial charge >= 0.3 is 0 Å². The van der Waals surface area contributed by atoms with Crippen molar-refractivity contribution in [2.75, 3.05) is 0 Å². The number of thioether (sulfide) groups is 1. The molecule has 0 bridgehead atoms. The largest absolute Gasteiger partial charge is 0.291 e. The van der Waals surface area contributed by atoms with Crippen LogP contribution in [0.25, 0.3) is 0 Å². The molecule has 2 aliphatic rings. The van der Waals surface area contributed by atoms with Crippen LogP contribution in [0.4, 0.5) is 0 Å². The Morgan fingerprint density at radius 1 is 0.800 bits per heavy atom. The molecule has 2 rings (SSSR count). The van der Waals surface area contributed by atoms with E-state index in [4.69, 9.17) is 0 Å². The molecule has 0 amide bonds. The fraction of sp³-hybridized carbons (Fsp3) is 0.600. The zero-order valence-corrected chi connectivity index (χ0v) is 8.84. The summed E-state index contributed by atoms with van der Waals surface area (Å²) in [6, 6.07) is 0. The van der Waals surface area contributed by atoms with Crippen LogP contribution in [0.3, 0.4) is 0 Å². The van der Waals surface area contributed by atoms with Crippen molar-refractivity contribution in [1.82, 2.24) is 0 Å². The number of rotatable bonds is 2. The van der Waals surface area contributed by atoms with Gasteiger partial charge < -0.3 is 0 Å². The van der Waals surface area contributed by atoms with Gasteiger partial charge in [0.15, 0.2) is 11.6 Å². The number of hydrogen-bond donors (Lipinski definition) is 0. The van der Waals surface area contributed by atoms with E-state index in [1.54, 1.807) is 0 Å². The third-order valence-electron chi connectivity index (χ3n) is 2.73. The summed E-state index contributed by atoms with van der Waals surface area (Å²) in [4.78, 5) is 44.6. The second-order valence-corrected chi connectivity index (χ2v) is 5.18. The Hall–Kier alpha value is -0.970. The Bertz CT molecular complexity index is 326. The molecule has 2 aliphatic carbocycles. The molecule has 0 N–H and O–H groups in total. The first-order chi connectivity index (χ1) is 7.09. The second-order valence-electron chi connectivity index (χ2n) is 3.77. The van der Waals surface area contributed by atoms with Gasteiger partial charge in [-0.3, -0.25) is 19.2 Å². The highest BCUT2D eigenvalue weighted by atomic mass is 32.2. The molecule has 80 valence electrons. The van der Waals surface area contributed by atoms with Crippen LogP contribution in [-0.2, 0) is 19.2 Å². The number of hydrogen-bond acceptors (Lipinski definition) is 5. The summed E-state index contributed by atoms with van der Waals surface area (Å²) in [7, 11) is 0. The molecule has 0 spiro atoms. The van der Waals surface area contributed by atoms with E-state index in [1.165, 1.54) is 11.8 Å². The highest BCUT2D eigenvalue weighted by Crippen LogP contribution is 2.33. The Morgan fingerprint density at radius 3 is 1.47 bits per heavy atom. The monoisotopic (exact) mass is 226 g/mol. The molecule has 15 heavy (non-hydrogen) atoms. The van der Waals surface area contributed by atoms with Gasteiger partial charge in [0.1, 0.15) is 0 Å². The van der Waals surface area contributed by atoms with Crippen molar-refractivity contribution < 1.29 is 19.2 Å². The van der Waals surface area contributed by atoms with Gasteiger partial charge in [0, 0.05) is 12.8 Å². The standard InChI is InChI=1S/C10H10O4S/c11-5-1-3-7(9(5)13)15-8-4-2-6(12)10(8)14/h7-8H,1-4H2. The maximum atomic E-state index is 11.3. The maximum Gasteiger partial charge on any atom is 0.211 e. The third kappa shape index (κ3) is 1.88. The van der Waals surface area contributed by atoms with Crippen molar-refractivity contribution in [1.29, 1.82) is 0 Å².